The molecule has 104 heavy (non-hydrogen) atoms. The van der Waals surface area contributed by atoms with Crippen molar-refractivity contribution in [2.24, 2.45) is 0 Å². The summed E-state index contributed by atoms with van der Waals surface area (Å²) in [6.07, 6.45) is 6.54. The summed E-state index contributed by atoms with van der Waals surface area (Å²) in [6, 6.07) is 107. The SMILES string of the molecule is Brc1cccc(-c2ccncc2)n1.Brc1cccc(Br)n1.OB(O)c1ccc2c(-c3ccc4ccccc4c3)c3ccccc3c(-c3ccc4ccccc4c3)c2c1.OB(O)c1ccc2c(-c3ccc4ccccc4c3)c3ccccc3c(-c3ccc4ccccc4c3)c2c1.OB(O)c1ccncc1. The molecule has 0 saturated heterocycles. The van der Waals surface area contributed by atoms with E-state index >= 15 is 0 Å². The van der Waals surface area contributed by atoms with Crippen molar-refractivity contribution in [2.45, 2.75) is 0 Å². The minimum atomic E-state index is -1.54. The van der Waals surface area contributed by atoms with Crippen LogP contribution in [0.2, 0.25) is 0 Å². The van der Waals surface area contributed by atoms with Crippen molar-refractivity contribution in [3.05, 3.63) is 354 Å². The predicted octanol–water partition coefficient (Wildman–Crippen LogP) is 18.9. The van der Waals surface area contributed by atoms with Crippen LogP contribution in [0.15, 0.2) is 354 Å². The van der Waals surface area contributed by atoms with E-state index in [4.69, 9.17) is 10.0 Å². The Morgan fingerprint density at radius 3 is 0.808 bits per heavy atom. The predicted molar refractivity (Wildman–Crippen MR) is 443 cm³/mol. The Morgan fingerprint density at radius 1 is 0.212 bits per heavy atom. The Bertz CT molecular complexity index is 5840. The van der Waals surface area contributed by atoms with E-state index in [1.165, 1.54) is 66.3 Å². The molecule has 0 aliphatic rings. The van der Waals surface area contributed by atoms with Crippen molar-refractivity contribution in [2.75, 3.05) is 0 Å². The van der Waals surface area contributed by atoms with Gasteiger partial charge >= 0.3 is 21.4 Å². The number of halogens is 3. The van der Waals surface area contributed by atoms with Gasteiger partial charge in [-0.15, -0.1) is 0 Å². The molecule has 18 aromatic rings. The summed E-state index contributed by atoms with van der Waals surface area (Å²) in [4.78, 5) is 16.0. The normalized spacial score (nSPS) is 10.9. The Hall–Kier alpha value is -10.8. The molecule has 0 bridgehead atoms. The fourth-order valence-corrected chi connectivity index (χ4v) is 14.6. The first-order valence-electron chi connectivity index (χ1n) is 33.5. The average Bonchev–Trinajstić information content (AvgIpc) is 0.734. The highest BCUT2D eigenvalue weighted by molar-refractivity contribution is 9.11. The fourth-order valence-electron chi connectivity index (χ4n) is 13.3. The molecule has 6 N–H and O–H groups in total. The number of rotatable bonds is 8. The van der Waals surface area contributed by atoms with E-state index in [0.717, 1.165) is 102 Å². The van der Waals surface area contributed by atoms with E-state index in [2.05, 4.69) is 286 Å². The summed E-state index contributed by atoms with van der Waals surface area (Å²) in [7, 11) is -4.46. The zero-order chi connectivity index (χ0) is 71.6. The lowest BCUT2D eigenvalue weighted by atomic mass is 9.77. The number of hydrogen-bond acceptors (Lipinski definition) is 10. The molecule has 4 heterocycles. The van der Waals surface area contributed by atoms with Gasteiger partial charge in [0.25, 0.3) is 0 Å². The fraction of sp³-hybridized carbons (Fsp3) is 0. The van der Waals surface area contributed by atoms with Gasteiger partial charge in [-0.05, 0) is 268 Å². The van der Waals surface area contributed by atoms with E-state index in [1.807, 2.05) is 84.9 Å². The van der Waals surface area contributed by atoms with Gasteiger partial charge in [0.1, 0.15) is 13.8 Å². The highest BCUT2D eigenvalue weighted by Crippen LogP contribution is 2.47. The standard InChI is InChI=1S/2C34H23BO2.C10H7BrN2.C5H6BNO2.C5H3Br2N/c2*36-35(37)28-17-18-31-32(21-28)34(27-16-14-23-8-2-4-10-25(23)20-27)30-12-6-5-11-29(30)33(31)26-15-13-22-7-1-3-9-24(22)19-26;11-10-3-1-2-9(13-10)8-4-6-12-7-5-8;8-6(9)5-1-3-7-4-2-5;6-4-2-1-3-5(7)8-4/h2*1-21,36-37H;1-7H;1-4,8-9H;1-3H. The molecular formula is C88H62B3Br3N4O6. The number of fused-ring (bicyclic) bond motifs is 8. The molecule has 0 unspecified atom stereocenters. The largest absolute Gasteiger partial charge is 0.488 e. The number of hydrogen-bond donors (Lipinski definition) is 6. The number of aromatic nitrogens is 4. The third-order valence-corrected chi connectivity index (χ3v) is 19.5. The molecule has 0 amide bonds. The van der Waals surface area contributed by atoms with Crippen LogP contribution in [0.5, 0.6) is 0 Å². The maximum Gasteiger partial charge on any atom is 0.488 e. The third kappa shape index (κ3) is 15.7. The Kier molecular flexibility index (Phi) is 21.8. The van der Waals surface area contributed by atoms with Gasteiger partial charge in [-0.3, -0.25) is 9.97 Å². The quantitative estimate of drug-likeness (QED) is 0.0488. The van der Waals surface area contributed by atoms with Gasteiger partial charge in [-0.25, -0.2) is 9.97 Å². The third-order valence-electron chi connectivity index (χ3n) is 18.2. The molecule has 0 spiro atoms. The first-order valence-corrected chi connectivity index (χ1v) is 35.9. The number of pyridine rings is 4. The van der Waals surface area contributed by atoms with E-state index < -0.39 is 21.4 Å². The van der Waals surface area contributed by atoms with Gasteiger partial charge in [0.2, 0.25) is 0 Å². The summed E-state index contributed by atoms with van der Waals surface area (Å²) in [6.45, 7) is 0. The lowest BCUT2D eigenvalue weighted by molar-refractivity contribution is 0.424. The van der Waals surface area contributed by atoms with Crippen molar-refractivity contribution in [3.8, 4) is 55.8 Å². The second-order valence-electron chi connectivity index (χ2n) is 24.7. The van der Waals surface area contributed by atoms with Crippen LogP contribution in [-0.2, 0) is 0 Å². The van der Waals surface area contributed by atoms with Gasteiger partial charge in [-0.1, -0.05) is 243 Å². The molecule has 0 saturated carbocycles. The van der Waals surface area contributed by atoms with Crippen molar-refractivity contribution in [3.63, 3.8) is 0 Å². The first kappa shape index (κ1) is 70.2. The molecule has 4 aromatic heterocycles. The van der Waals surface area contributed by atoms with Gasteiger partial charge in [0.05, 0.1) is 5.69 Å². The lowest BCUT2D eigenvalue weighted by Gasteiger charge is -2.19. The van der Waals surface area contributed by atoms with Gasteiger partial charge < -0.3 is 30.1 Å². The van der Waals surface area contributed by atoms with Gasteiger partial charge in [0, 0.05) is 30.4 Å². The molecular weight excluding hydrogens is 1480 g/mol. The van der Waals surface area contributed by atoms with Crippen LogP contribution in [0, 0.1) is 0 Å². The highest BCUT2D eigenvalue weighted by atomic mass is 79.9. The van der Waals surface area contributed by atoms with Gasteiger partial charge in [0.15, 0.2) is 0 Å². The summed E-state index contributed by atoms with van der Waals surface area (Å²) in [5.41, 5.74) is 12.5. The maximum absolute atomic E-state index is 10.1. The van der Waals surface area contributed by atoms with Crippen molar-refractivity contribution >= 4 is 172 Å². The summed E-state index contributed by atoms with van der Waals surface area (Å²) < 4.78 is 2.56. The smallest absolute Gasteiger partial charge is 0.423 e. The molecule has 0 atom stereocenters. The topological polar surface area (TPSA) is 173 Å². The molecule has 16 heteroatoms. The van der Waals surface area contributed by atoms with Crippen molar-refractivity contribution in [1.29, 1.82) is 0 Å². The molecule has 10 nitrogen and oxygen atoms in total. The van der Waals surface area contributed by atoms with Gasteiger partial charge in [-0.2, -0.15) is 0 Å². The van der Waals surface area contributed by atoms with Crippen LogP contribution in [0.4, 0.5) is 0 Å². The Labute approximate surface area is 626 Å². The molecule has 500 valence electrons. The van der Waals surface area contributed by atoms with Crippen LogP contribution < -0.4 is 16.4 Å². The molecule has 0 aliphatic carbocycles. The zero-order valence-corrected chi connectivity index (χ0v) is 60.4. The minimum Gasteiger partial charge on any atom is -0.423 e. The van der Waals surface area contributed by atoms with Crippen LogP contribution in [-0.4, -0.2) is 71.4 Å². The summed E-state index contributed by atoms with van der Waals surface area (Å²) in [5.74, 6) is 0. The number of nitrogens with zero attached hydrogens (tertiary/aromatic N) is 4. The van der Waals surface area contributed by atoms with E-state index in [0.29, 0.717) is 16.4 Å². The second-order valence-corrected chi connectivity index (χ2v) is 27.2. The molecule has 18 rings (SSSR count). The minimum absolute atomic E-state index is 0.463. The van der Waals surface area contributed by atoms with Crippen LogP contribution in [0.3, 0.4) is 0 Å². The van der Waals surface area contributed by atoms with Crippen LogP contribution in [0.1, 0.15) is 0 Å². The Balaban J connectivity index is 0.000000126. The molecule has 0 aliphatic heterocycles. The average molecular weight is 1540 g/mol. The van der Waals surface area contributed by atoms with Crippen molar-refractivity contribution in [1.82, 2.24) is 19.9 Å². The first-order chi connectivity index (χ1) is 50.8. The number of benzene rings is 14. The molecule has 0 radical (unpaired) electrons. The van der Waals surface area contributed by atoms with Crippen LogP contribution in [0.25, 0.3) is 142 Å². The van der Waals surface area contributed by atoms with E-state index in [1.54, 1.807) is 24.5 Å². The highest BCUT2D eigenvalue weighted by Gasteiger charge is 2.23. The summed E-state index contributed by atoms with van der Waals surface area (Å²) >= 11 is 9.77. The summed E-state index contributed by atoms with van der Waals surface area (Å²) in [5, 5.41) is 75.7. The zero-order valence-electron chi connectivity index (χ0n) is 55.7. The lowest BCUT2D eigenvalue weighted by Crippen LogP contribution is -2.29. The Morgan fingerprint density at radius 2 is 0.500 bits per heavy atom. The van der Waals surface area contributed by atoms with E-state index in [9.17, 15) is 20.1 Å². The van der Waals surface area contributed by atoms with E-state index in [-0.39, 0.29) is 0 Å². The molecule has 0 fully saturated rings. The monoisotopic (exact) mass is 1540 g/mol. The molecule has 14 aromatic carbocycles. The second kappa shape index (κ2) is 32.2. The maximum atomic E-state index is 10.1. The van der Waals surface area contributed by atoms with Crippen molar-refractivity contribution < 1.29 is 30.1 Å². The van der Waals surface area contributed by atoms with Crippen LogP contribution >= 0.6 is 47.8 Å².